The van der Waals surface area contributed by atoms with Gasteiger partial charge in [0.05, 0.1) is 6.10 Å². The van der Waals surface area contributed by atoms with Gasteiger partial charge in [0.2, 0.25) is 5.43 Å². The normalized spacial score (nSPS) is 16.6. The molecular formula is C15H16N2O3. The largest absolute Gasteiger partial charge is 0.393 e. The summed E-state index contributed by atoms with van der Waals surface area (Å²) in [5.41, 5.74) is 0.652. The van der Waals surface area contributed by atoms with Gasteiger partial charge in [-0.1, -0.05) is 12.1 Å². The molecule has 3 rings (SSSR count). The summed E-state index contributed by atoms with van der Waals surface area (Å²) in [6, 6.07) is 7.14. The topological polar surface area (TPSA) is 73.4 Å². The summed E-state index contributed by atoms with van der Waals surface area (Å²) in [7, 11) is 0. The van der Waals surface area contributed by atoms with Crippen molar-refractivity contribution in [2.45, 2.75) is 18.9 Å². The second-order valence-corrected chi connectivity index (χ2v) is 5.10. The number of carbonyl (C=O) groups excluding carboxylic acids is 1. The molecule has 1 aliphatic heterocycles. The second-order valence-electron chi connectivity index (χ2n) is 5.10. The average molecular weight is 272 g/mol. The number of rotatable bonds is 1. The Kier molecular flexibility index (Phi) is 3.28. The van der Waals surface area contributed by atoms with E-state index < -0.39 is 0 Å². The number of para-hydroxylation sites is 1. The number of aliphatic hydroxyl groups is 1. The zero-order valence-electron chi connectivity index (χ0n) is 11.0. The molecule has 5 nitrogen and oxygen atoms in total. The van der Waals surface area contributed by atoms with E-state index in [1.54, 1.807) is 17.0 Å². The summed E-state index contributed by atoms with van der Waals surface area (Å²) in [6.07, 6.45) is 2.28. The van der Waals surface area contributed by atoms with Crippen LogP contribution < -0.4 is 5.43 Å². The molecule has 5 heteroatoms. The number of H-pyrrole nitrogens is 1. The lowest BCUT2D eigenvalue weighted by Gasteiger charge is -2.29. The molecule has 2 N–H and O–H groups in total. The number of benzene rings is 1. The maximum atomic E-state index is 12.4. The van der Waals surface area contributed by atoms with E-state index in [2.05, 4.69) is 4.98 Å². The van der Waals surface area contributed by atoms with Crippen molar-refractivity contribution in [3.8, 4) is 0 Å². The van der Waals surface area contributed by atoms with E-state index in [1.165, 1.54) is 6.20 Å². The summed E-state index contributed by atoms with van der Waals surface area (Å²) in [4.78, 5) is 29.4. The first kappa shape index (κ1) is 12.9. The summed E-state index contributed by atoms with van der Waals surface area (Å²) in [5.74, 6) is -0.260. The average Bonchev–Trinajstić information content (AvgIpc) is 2.48. The zero-order valence-corrected chi connectivity index (χ0v) is 11.0. The molecule has 1 aromatic heterocycles. The second kappa shape index (κ2) is 5.09. The molecule has 1 amide bonds. The number of aromatic amines is 1. The summed E-state index contributed by atoms with van der Waals surface area (Å²) in [6.45, 7) is 0.985. The third kappa shape index (κ3) is 2.20. The van der Waals surface area contributed by atoms with Gasteiger partial charge in [-0.05, 0) is 25.0 Å². The van der Waals surface area contributed by atoms with Gasteiger partial charge in [-0.25, -0.2) is 0 Å². The van der Waals surface area contributed by atoms with Crippen LogP contribution >= 0.6 is 0 Å². The smallest absolute Gasteiger partial charge is 0.259 e. The summed E-state index contributed by atoms with van der Waals surface area (Å²) >= 11 is 0. The fourth-order valence-corrected chi connectivity index (χ4v) is 2.57. The molecule has 20 heavy (non-hydrogen) atoms. The van der Waals surface area contributed by atoms with Gasteiger partial charge >= 0.3 is 0 Å². The Morgan fingerprint density at radius 2 is 1.95 bits per heavy atom. The standard InChI is InChI=1S/C15H16N2O3/c18-10-5-7-17(8-6-10)15(20)12-9-16-13-4-2-1-3-11(13)14(12)19/h1-4,9-10,18H,5-8H2,(H,16,19). The van der Waals surface area contributed by atoms with Crippen LogP contribution in [0, 0.1) is 0 Å². The van der Waals surface area contributed by atoms with Gasteiger partial charge in [0, 0.05) is 30.2 Å². The summed E-state index contributed by atoms with van der Waals surface area (Å²) < 4.78 is 0. The molecule has 1 saturated heterocycles. The predicted octanol–water partition coefficient (Wildman–Crippen LogP) is 1.12. The van der Waals surface area contributed by atoms with Crippen molar-refractivity contribution in [3.63, 3.8) is 0 Å². The lowest BCUT2D eigenvalue weighted by Crippen LogP contribution is -2.41. The number of likely N-dealkylation sites (tertiary alicyclic amines) is 1. The zero-order chi connectivity index (χ0) is 14.1. The Bertz CT molecular complexity index is 700. The van der Waals surface area contributed by atoms with E-state index in [4.69, 9.17) is 0 Å². The number of pyridine rings is 1. The highest BCUT2D eigenvalue weighted by Gasteiger charge is 2.24. The third-order valence-electron chi connectivity index (χ3n) is 3.77. The number of carbonyl (C=O) groups is 1. The molecule has 1 fully saturated rings. The Hall–Kier alpha value is -2.14. The molecule has 1 aliphatic rings. The maximum absolute atomic E-state index is 12.4. The van der Waals surface area contributed by atoms with Crippen molar-refractivity contribution in [2.24, 2.45) is 0 Å². The minimum absolute atomic E-state index is 0.167. The van der Waals surface area contributed by atoms with E-state index in [0.29, 0.717) is 31.3 Å². The Balaban J connectivity index is 1.96. The van der Waals surface area contributed by atoms with Gasteiger partial charge in [0.1, 0.15) is 5.56 Å². The highest BCUT2D eigenvalue weighted by atomic mass is 16.3. The Labute approximate surface area is 115 Å². The summed E-state index contributed by atoms with van der Waals surface area (Å²) in [5, 5.41) is 9.99. The molecule has 0 spiro atoms. The van der Waals surface area contributed by atoms with Crippen molar-refractivity contribution in [2.75, 3.05) is 13.1 Å². The van der Waals surface area contributed by atoms with Crippen LogP contribution in [0.25, 0.3) is 10.9 Å². The molecule has 0 atom stereocenters. The minimum atomic E-state index is -0.339. The number of nitrogens with zero attached hydrogens (tertiary/aromatic N) is 1. The Morgan fingerprint density at radius 1 is 1.25 bits per heavy atom. The first-order chi connectivity index (χ1) is 9.66. The molecule has 2 heterocycles. The van der Waals surface area contributed by atoms with Crippen molar-refractivity contribution < 1.29 is 9.90 Å². The molecule has 2 aromatic rings. The van der Waals surface area contributed by atoms with E-state index in [9.17, 15) is 14.7 Å². The van der Waals surface area contributed by atoms with E-state index in [-0.39, 0.29) is 23.0 Å². The van der Waals surface area contributed by atoms with Gasteiger partial charge in [-0.2, -0.15) is 0 Å². The molecule has 0 radical (unpaired) electrons. The van der Waals surface area contributed by atoms with Crippen LogP contribution in [0.15, 0.2) is 35.3 Å². The van der Waals surface area contributed by atoms with Crippen LogP contribution in [0.1, 0.15) is 23.2 Å². The minimum Gasteiger partial charge on any atom is -0.393 e. The molecule has 0 aliphatic carbocycles. The van der Waals surface area contributed by atoms with Gasteiger partial charge in [-0.3, -0.25) is 9.59 Å². The highest BCUT2D eigenvalue weighted by Crippen LogP contribution is 2.13. The van der Waals surface area contributed by atoms with Crippen LogP contribution in [0.5, 0.6) is 0 Å². The van der Waals surface area contributed by atoms with Crippen molar-refractivity contribution >= 4 is 16.8 Å². The molecule has 0 saturated carbocycles. The quantitative estimate of drug-likeness (QED) is 0.817. The van der Waals surface area contributed by atoms with Crippen LogP contribution in [-0.2, 0) is 0 Å². The lowest BCUT2D eigenvalue weighted by molar-refractivity contribution is 0.0545. The van der Waals surface area contributed by atoms with Crippen LogP contribution in [0.3, 0.4) is 0 Å². The third-order valence-corrected chi connectivity index (χ3v) is 3.77. The number of piperidine rings is 1. The van der Waals surface area contributed by atoms with Crippen LogP contribution in [-0.4, -0.2) is 40.1 Å². The number of fused-ring (bicyclic) bond motifs is 1. The molecule has 104 valence electrons. The van der Waals surface area contributed by atoms with Crippen molar-refractivity contribution in [3.05, 3.63) is 46.2 Å². The lowest BCUT2D eigenvalue weighted by atomic mass is 10.1. The van der Waals surface area contributed by atoms with E-state index >= 15 is 0 Å². The first-order valence-corrected chi connectivity index (χ1v) is 6.74. The number of nitrogens with one attached hydrogen (secondary N) is 1. The predicted molar refractivity (Wildman–Crippen MR) is 75.7 cm³/mol. The van der Waals surface area contributed by atoms with Crippen molar-refractivity contribution in [1.82, 2.24) is 9.88 Å². The highest BCUT2D eigenvalue weighted by molar-refractivity contribution is 5.97. The maximum Gasteiger partial charge on any atom is 0.259 e. The van der Waals surface area contributed by atoms with Gasteiger partial charge in [0.25, 0.3) is 5.91 Å². The van der Waals surface area contributed by atoms with Crippen LogP contribution in [0.2, 0.25) is 0 Å². The van der Waals surface area contributed by atoms with Crippen molar-refractivity contribution in [1.29, 1.82) is 0 Å². The SMILES string of the molecule is O=C(c1c[nH]c2ccccc2c1=O)N1CCC(O)CC1. The number of hydrogen-bond acceptors (Lipinski definition) is 3. The monoisotopic (exact) mass is 272 g/mol. The van der Waals surface area contributed by atoms with Gasteiger partial charge in [-0.15, -0.1) is 0 Å². The molecule has 0 unspecified atom stereocenters. The van der Waals surface area contributed by atoms with Gasteiger partial charge in [0.15, 0.2) is 0 Å². The molecule has 1 aromatic carbocycles. The first-order valence-electron chi connectivity index (χ1n) is 6.74. The fraction of sp³-hybridized carbons (Fsp3) is 0.333. The Morgan fingerprint density at radius 3 is 2.70 bits per heavy atom. The molecule has 0 bridgehead atoms. The number of aromatic nitrogens is 1. The molecular weight excluding hydrogens is 256 g/mol. The number of amides is 1. The van der Waals surface area contributed by atoms with Crippen LogP contribution in [0.4, 0.5) is 0 Å². The fourth-order valence-electron chi connectivity index (χ4n) is 2.57. The number of hydrogen-bond donors (Lipinski definition) is 2. The number of aliphatic hydroxyl groups excluding tert-OH is 1. The van der Waals surface area contributed by atoms with E-state index in [1.807, 2.05) is 12.1 Å². The van der Waals surface area contributed by atoms with E-state index in [0.717, 1.165) is 5.52 Å². The van der Waals surface area contributed by atoms with Gasteiger partial charge < -0.3 is 15.0 Å².